The third-order valence-electron chi connectivity index (χ3n) is 5.07. The molecule has 0 bridgehead atoms. The molecule has 4 rings (SSSR count). The summed E-state index contributed by atoms with van der Waals surface area (Å²) >= 11 is 0. The molecule has 156 valence electrons. The molecule has 7 heteroatoms. The average Bonchev–Trinajstić information content (AvgIpc) is 3.10. The number of aromatic nitrogens is 3. The highest BCUT2D eigenvalue weighted by atomic mass is 19.1. The molecule has 2 aromatic carbocycles. The van der Waals surface area contributed by atoms with Crippen molar-refractivity contribution in [2.45, 2.75) is 33.1 Å². The summed E-state index contributed by atoms with van der Waals surface area (Å²) in [4.78, 5) is 16.8. The number of nitrogens with one attached hydrogen (secondary N) is 1. The van der Waals surface area contributed by atoms with E-state index in [1.807, 2.05) is 38.1 Å². The molecule has 1 N–H and O–H groups in total. The van der Waals surface area contributed by atoms with Gasteiger partial charge in [0.1, 0.15) is 5.82 Å². The van der Waals surface area contributed by atoms with E-state index in [1.54, 1.807) is 16.8 Å². The van der Waals surface area contributed by atoms with Gasteiger partial charge in [-0.05, 0) is 61.2 Å². The molecule has 0 aliphatic heterocycles. The van der Waals surface area contributed by atoms with Crippen molar-refractivity contribution in [3.8, 4) is 23.1 Å². The van der Waals surface area contributed by atoms with Crippen molar-refractivity contribution in [3.05, 3.63) is 54.3 Å². The lowest BCUT2D eigenvalue weighted by Crippen LogP contribution is -2.28. The van der Waals surface area contributed by atoms with Gasteiger partial charge in [-0.2, -0.15) is 4.98 Å². The van der Waals surface area contributed by atoms with E-state index in [0.29, 0.717) is 29.6 Å². The number of nitrogens with zero attached hydrogens (tertiary/aromatic N) is 3. The third kappa shape index (κ3) is 4.50. The Morgan fingerprint density at radius 1 is 1.23 bits per heavy atom. The molecular formula is C23H25FN4O2. The van der Waals surface area contributed by atoms with Gasteiger partial charge in [0, 0.05) is 17.2 Å². The quantitative estimate of drug-likeness (QED) is 0.607. The fourth-order valence-electron chi connectivity index (χ4n) is 3.19. The van der Waals surface area contributed by atoms with Crippen LogP contribution in [0, 0.1) is 17.7 Å². The minimum absolute atomic E-state index is 0.0525. The van der Waals surface area contributed by atoms with E-state index < -0.39 is 0 Å². The van der Waals surface area contributed by atoms with E-state index in [2.05, 4.69) is 15.4 Å². The SMILES string of the molecule is CC(C)COc1nc(-c2ccc(F)cc2)n(-c2cccc(NC(=O)C3CCC3)c2)n1. The number of benzene rings is 2. The Morgan fingerprint density at radius 2 is 2.00 bits per heavy atom. The Morgan fingerprint density at radius 3 is 2.67 bits per heavy atom. The van der Waals surface area contributed by atoms with Gasteiger partial charge in [-0.1, -0.05) is 26.3 Å². The molecule has 0 atom stereocenters. The molecule has 1 aliphatic rings. The summed E-state index contributed by atoms with van der Waals surface area (Å²) in [5, 5.41) is 7.50. The van der Waals surface area contributed by atoms with Crippen LogP contribution in [-0.2, 0) is 4.79 Å². The van der Waals surface area contributed by atoms with Crippen LogP contribution in [0.4, 0.5) is 10.1 Å². The lowest BCUT2D eigenvalue weighted by atomic mass is 9.85. The maximum Gasteiger partial charge on any atom is 0.336 e. The number of hydrogen-bond acceptors (Lipinski definition) is 4. The number of hydrogen-bond donors (Lipinski definition) is 1. The molecule has 6 nitrogen and oxygen atoms in total. The van der Waals surface area contributed by atoms with E-state index in [-0.39, 0.29) is 23.7 Å². The van der Waals surface area contributed by atoms with Gasteiger partial charge < -0.3 is 10.1 Å². The van der Waals surface area contributed by atoms with E-state index in [0.717, 1.165) is 24.9 Å². The molecular weight excluding hydrogens is 383 g/mol. The van der Waals surface area contributed by atoms with Crippen LogP contribution >= 0.6 is 0 Å². The van der Waals surface area contributed by atoms with Crippen LogP contribution < -0.4 is 10.1 Å². The number of ether oxygens (including phenoxy) is 1. The molecule has 1 saturated carbocycles. The van der Waals surface area contributed by atoms with Crippen molar-refractivity contribution < 1.29 is 13.9 Å². The Bertz CT molecular complexity index is 1030. The van der Waals surface area contributed by atoms with Crippen molar-refractivity contribution in [2.75, 3.05) is 11.9 Å². The molecule has 1 amide bonds. The zero-order valence-corrected chi connectivity index (χ0v) is 17.1. The largest absolute Gasteiger partial charge is 0.462 e. The standard InChI is InChI=1S/C23H25FN4O2/c1-15(2)14-30-23-26-21(16-9-11-18(24)12-10-16)28(27-23)20-8-4-7-19(13-20)25-22(29)17-5-3-6-17/h4,7-13,15,17H,3,5-6,14H2,1-2H3,(H,25,29). The molecule has 1 heterocycles. The zero-order valence-electron chi connectivity index (χ0n) is 17.1. The Balaban J connectivity index is 1.66. The van der Waals surface area contributed by atoms with Crippen molar-refractivity contribution in [1.82, 2.24) is 14.8 Å². The number of carbonyl (C=O) groups excluding carboxylic acids is 1. The lowest BCUT2D eigenvalue weighted by molar-refractivity contribution is -0.122. The highest BCUT2D eigenvalue weighted by Gasteiger charge is 2.25. The van der Waals surface area contributed by atoms with Crippen molar-refractivity contribution >= 4 is 11.6 Å². The predicted molar refractivity (Wildman–Crippen MR) is 113 cm³/mol. The number of amides is 1. The first-order chi connectivity index (χ1) is 14.5. The second-order valence-corrected chi connectivity index (χ2v) is 8.01. The van der Waals surface area contributed by atoms with Gasteiger partial charge in [-0.3, -0.25) is 4.79 Å². The lowest BCUT2D eigenvalue weighted by Gasteiger charge is -2.24. The second kappa shape index (κ2) is 8.65. The van der Waals surface area contributed by atoms with Crippen LogP contribution in [-0.4, -0.2) is 27.3 Å². The molecule has 0 unspecified atom stereocenters. The average molecular weight is 408 g/mol. The van der Waals surface area contributed by atoms with E-state index in [4.69, 9.17) is 4.74 Å². The minimum Gasteiger partial charge on any atom is -0.462 e. The summed E-state index contributed by atoms with van der Waals surface area (Å²) in [7, 11) is 0. The van der Waals surface area contributed by atoms with Gasteiger partial charge in [0.05, 0.1) is 12.3 Å². The van der Waals surface area contributed by atoms with Gasteiger partial charge in [-0.25, -0.2) is 9.07 Å². The maximum absolute atomic E-state index is 13.4. The molecule has 3 aromatic rings. The van der Waals surface area contributed by atoms with Crippen LogP contribution in [0.25, 0.3) is 17.1 Å². The Kier molecular flexibility index (Phi) is 5.79. The first-order valence-corrected chi connectivity index (χ1v) is 10.3. The van der Waals surface area contributed by atoms with Crippen molar-refractivity contribution in [3.63, 3.8) is 0 Å². The van der Waals surface area contributed by atoms with Gasteiger partial charge in [-0.15, -0.1) is 5.10 Å². The summed E-state index contributed by atoms with van der Waals surface area (Å²) in [6.45, 7) is 4.59. The monoisotopic (exact) mass is 408 g/mol. The maximum atomic E-state index is 13.4. The predicted octanol–water partition coefficient (Wildman–Crippen LogP) is 4.85. The summed E-state index contributed by atoms with van der Waals surface area (Å²) in [6.07, 6.45) is 3.00. The summed E-state index contributed by atoms with van der Waals surface area (Å²) < 4.78 is 20.8. The molecule has 30 heavy (non-hydrogen) atoms. The van der Waals surface area contributed by atoms with Crippen LogP contribution in [0.2, 0.25) is 0 Å². The van der Waals surface area contributed by atoms with Crippen LogP contribution in [0.15, 0.2) is 48.5 Å². The molecule has 0 saturated heterocycles. The van der Waals surface area contributed by atoms with Gasteiger partial charge in [0.25, 0.3) is 0 Å². The highest BCUT2D eigenvalue weighted by molar-refractivity contribution is 5.93. The number of rotatable bonds is 7. The summed E-state index contributed by atoms with van der Waals surface area (Å²) in [5.74, 6) is 0.705. The number of carbonyl (C=O) groups is 1. The van der Waals surface area contributed by atoms with Gasteiger partial charge in [0.15, 0.2) is 5.82 Å². The Labute approximate surface area is 175 Å². The molecule has 1 fully saturated rings. The number of anilines is 1. The van der Waals surface area contributed by atoms with Crippen LogP contribution in [0.1, 0.15) is 33.1 Å². The van der Waals surface area contributed by atoms with E-state index >= 15 is 0 Å². The Hall–Kier alpha value is -3.22. The zero-order chi connectivity index (χ0) is 21.1. The summed E-state index contributed by atoms with van der Waals surface area (Å²) in [5.41, 5.74) is 2.15. The molecule has 0 radical (unpaired) electrons. The fourth-order valence-corrected chi connectivity index (χ4v) is 3.19. The first kappa shape index (κ1) is 20.1. The van der Waals surface area contributed by atoms with Crippen LogP contribution in [0.3, 0.4) is 0 Å². The second-order valence-electron chi connectivity index (χ2n) is 8.01. The van der Waals surface area contributed by atoms with Crippen molar-refractivity contribution in [2.24, 2.45) is 11.8 Å². The molecule has 1 aliphatic carbocycles. The number of halogens is 1. The molecule has 0 spiro atoms. The highest BCUT2D eigenvalue weighted by Crippen LogP contribution is 2.29. The third-order valence-corrected chi connectivity index (χ3v) is 5.07. The van der Waals surface area contributed by atoms with E-state index in [1.165, 1.54) is 12.1 Å². The van der Waals surface area contributed by atoms with Crippen LogP contribution in [0.5, 0.6) is 6.01 Å². The fraction of sp³-hybridized carbons (Fsp3) is 0.348. The normalized spacial score (nSPS) is 13.9. The topological polar surface area (TPSA) is 69.0 Å². The molecule has 1 aromatic heterocycles. The van der Waals surface area contributed by atoms with Gasteiger partial charge in [0.2, 0.25) is 5.91 Å². The van der Waals surface area contributed by atoms with E-state index in [9.17, 15) is 9.18 Å². The first-order valence-electron chi connectivity index (χ1n) is 10.3. The smallest absolute Gasteiger partial charge is 0.336 e. The summed E-state index contributed by atoms with van der Waals surface area (Å²) in [6, 6.07) is 13.8. The van der Waals surface area contributed by atoms with Crippen molar-refractivity contribution in [1.29, 1.82) is 0 Å². The van der Waals surface area contributed by atoms with Gasteiger partial charge >= 0.3 is 6.01 Å². The minimum atomic E-state index is -0.318.